The number of rotatable bonds is 1. The summed E-state index contributed by atoms with van der Waals surface area (Å²) < 4.78 is 0. The van der Waals surface area contributed by atoms with E-state index in [0.29, 0.717) is 10.0 Å². The molecule has 0 unspecified atom stereocenters. The molecular formula is C9H4Cl2NS. The Hall–Kier alpha value is -0.570. The summed E-state index contributed by atoms with van der Waals surface area (Å²) in [5.41, 5.74) is 4.55. The molecule has 0 bridgehead atoms. The van der Waals surface area contributed by atoms with Crippen LogP contribution in [0.5, 0.6) is 0 Å². The van der Waals surface area contributed by atoms with Crippen LogP contribution in [0.4, 0.5) is 0 Å². The van der Waals surface area contributed by atoms with Gasteiger partial charge in [0.2, 0.25) is 0 Å². The molecule has 1 nitrogen and oxygen atoms in total. The van der Waals surface area contributed by atoms with Crippen LogP contribution in [0.25, 0.3) is 11.3 Å². The van der Waals surface area contributed by atoms with Gasteiger partial charge in [-0.25, -0.2) is 4.98 Å². The van der Waals surface area contributed by atoms with Gasteiger partial charge in [0.05, 0.1) is 5.69 Å². The predicted octanol–water partition coefficient (Wildman–Crippen LogP) is 3.92. The average molecular weight is 229 g/mol. The lowest BCUT2D eigenvalue weighted by molar-refractivity contribution is 1.40. The maximum Gasteiger partial charge on any atom is 0.152 e. The highest BCUT2D eigenvalue weighted by atomic mass is 35.5. The second-order valence-corrected chi connectivity index (χ2v) is 4.01. The van der Waals surface area contributed by atoms with Crippen molar-refractivity contribution < 1.29 is 0 Å². The molecule has 0 atom stereocenters. The third-order valence-electron chi connectivity index (χ3n) is 1.55. The Morgan fingerprint density at radius 3 is 2.38 bits per heavy atom. The Bertz CT molecular complexity index is 391. The second kappa shape index (κ2) is 3.66. The molecule has 1 aromatic heterocycles. The van der Waals surface area contributed by atoms with Crippen molar-refractivity contribution in [1.29, 1.82) is 0 Å². The quantitative estimate of drug-likeness (QED) is 0.722. The Labute approximate surface area is 90.0 Å². The minimum Gasteiger partial charge on any atom is -0.233 e. The van der Waals surface area contributed by atoms with Gasteiger partial charge < -0.3 is 0 Å². The molecule has 0 amide bonds. The molecule has 0 aliphatic carbocycles. The molecule has 0 spiro atoms. The van der Waals surface area contributed by atoms with Gasteiger partial charge in [-0.05, 0) is 18.2 Å². The topological polar surface area (TPSA) is 12.9 Å². The maximum absolute atomic E-state index is 5.85. The molecule has 13 heavy (non-hydrogen) atoms. The van der Waals surface area contributed by atoms with Gasteiger partial charge >= 0.3 is 0 Å². The average Bonchev–Trinajstić information content (AvgIpc) is 2.53. The van der Waals surface area contributed by atoms with E-state index >= 15 is 0 Å². The van der Waals surface area contributed by atoms with Gasteiger partial charge in [0.15, 0.2) is 5.51 Å². The number of halogens is 2. The molecule has 1 heterocycles. The van der Waals surface area contributed by atoms with Crippen molar-refractivity contribution in [3.63, 3.8) is 0 Å². The first-order valence-electron chi connectivity index (χ1n) is 3.54. The molecule has 2 rings (SSSR count). The standard InChI is InChI=1S/C9H4Cl2NS/c10-7-1-6(2-8(11)3-7)9-4-13-5-12-9/h1-4H. The molecule has 0 N–H and O–H groups in total. The molecule has 65 valence electrons. The van der Waals surface area contributed by atoms with E-state index in [4.69, 9.17) is 23.2 Å². The largest absolute Gasteiger partial charge is 0.233 e. The van der Waals surface area contributed by atoms with Crippen LogP contribution in [0.15, 0.2) is 23.6 Å². The molecule has 4 heteroatoms. The van der Waals surface area contributed by atoms with Crippen LogP contribution in [-0.2, 0) is 0 Å². The van der Waals surface area contributed by atoms with Crippen LogP contribution in [0, 0.1) is 5.51 Å². The Kier molecular flexibility index (Phi) is 2.54. The molecule has 1 radical (unpaired) electrons. The summed E-state index contributed by atoms with van der Waals surface area (Å²) in [5, 5.41) is 3.15. The number of benzene rings is 1. The van der Waals surface area contributed by atoms with Crippen molar-refractivity contribution in [2.75, 3.05) is 0 Å². The summed E-state index contributed by atoms with van der Waals surface area (Å²) in [5.74, 6) is 0. The molecular weight excluding hydrogens is 225 g/mol. The molecule has 0 saturated heterocycles. The highest BCUT2D eigenvalue weighted by Gasteiger charge is 2.02. The van der Waals surface area contributed by atoms with Crippen LogP contribution in [0.3, 0.4) is 0 Å². The molecule has 0 fully saturated rings. The first-order valence-corrected chi connectivity index (χ1v) is 5.17. The first-order chi connectivity index (χ1) is 6.25. The van der Waals surface area contributed by atoms with E-state index in [9.17, 15) is 0 Å². The number of hydrogen-bond donors (Lipinski definition) is 0. The van der Waals surface area contributed by atoms with Crippen LogP contribution >= 0.6 is 34.5 Å². The zero-order chi connectivity index (χ0) is 9.26. The van der Waals surface area contributed by atoms with Crippen LogP contribution in [0.1, 0.15) is 0 Å². The van der Waals surface area contributed by atoms with Gasteiger partial charge in [0.25, 0.3) is 0 Å². The minimum atomic E-state index is 0.621. The van der Waals surface area contributed by atoms with Crippen LogP contribution in [-0.4, -0.2) is 4.98 Å². The lowest BCUT2D eigenvalue weighted by Gasteiger charge is -1.98. The van der Waals surface area contributed by atoms with Gasteiger partial charge in [-0.3, -0.25) is 0 Å². The van der Waals surface area contributed by atoms with Crippen molar-refractivity contribution in [2.24, 2.45) is 0 Å². The summed E-state index contributed by atoms with van der Waals surface area (Å²) in [6.45, 7) is 0. The van der Waals surface area contributed by atoms with Gasteiger partial charge in [-0.15, -0.1) is 11.3 Å². The van der Waals surface area contributed by atoms with E-state index in [0.717, 1.165) is 11.3 Å². The number of hydrogen-bond acceptors (Lipinski definition) is 2. The Morgan fingerprint density at radius 1 is 1.15 bits per heavy atom. The summed E-state index contributed by atoms with van der Waals surface area (Å²) in [6, 6.07) is 5.36. The third-order valence-corrected chi connectivity index (χ3v) is 2.52. The van der Waals surface area contributed by atoms with Crippen molar-refractivity contribution in [1.82, 2.24) is 4.98 Å². The summed E-state index contributed by atoms with van der Waals surface area (Å²) in [4.78, 5) is 4.04. The maximum atomic E-state index is 5.85. The monoisotopic (exact) mass is 228 g/mol. The summed E-state index contributed by atoms with van der Waals surface area (Å²) in [6.07, 6.45) is 0. The highest BCUT2D eigenvalue weighted by Crippen LogP contribution is 2.26. The normalized spacial score (nSPS) is 10.3. The fraction of sp³-hybridized carbons (Fsp3) is 0. The zero-order valence-corrected chi connectivity index (χ0v) is 8.75. The van der Waals surface area contributed by atoms with E-state index in [1.165, 1.54) is 11.3 Å². The molecule has 0 aliphatic heterocycles. The lowest BCUT2D eigenvalue weighted by Crippen LogP contribution is -1.77. The number of aromatic nitrogens is 1. The van der Waals surface area contributed by atoms with Crippen molar-refractivity contribution in [3.05, 3.63) is 39.1 Å². The van der Waals surface area contributed by atoms with E-state index in [-0.39, 0.29) is 0 Å². The van der Waals surface area contributed by atoms with Crippen molar-refractivity contribution in [2.45, 2.75) is 0 Å². The smallest absolute Gasteiger partial charge is 0.152 e. The number of nitrogens with zero attached hydrogens (tertiary/aromatic N) is 1. The van der Waals surface area contributed by atoms with Gasteiger partial charge in [0, 0.05) is 21.0 Å². The van der Waals surface area contributed by atoms with E-state index in [1.54, 1.807) is 6.07 Å². The Morgan fingerprint density at radius 2 is 1.85 bits per heavy atom. The first kappa shape index (κ1) is 9.00. The van der Waals surface area contributed by atoms with Crippen LogP contribution < -0.4 is 0 Å². The third kappa shape index (κ3) is 2.02. The van der Waals surface area contributed by atoms with E-state index in [2.05, 4.69) is 10.5 Å². The minimum absolute atomic E-state index is 0.621. The molecule has 1 aromatic carbocycles. The van der Waals surface area contributed by atoms with Crippen molar-refractivity contribution >= 4 is 34.5 Å². The summed E-state index contributed by atoms with van der Waals surface area (Å²) in [7, 11) is 0. The lowest BCUT2D eigenvalue weighted by atomic mass is 10.2. The summed E-state index contributed by atoms with van der Waals surface area (Å²) >= 11 is 13.1. The van der Waals surface area contributed by atoms with Gasteiger partial charge in [-0.2, -0.15) is 0 Å². The molecule has 0 aliphatic rings. The van der Waals surface area contributed by atoms with E-state index < -0.39 is 0 Å². The van der Waals surface area contributed by atoms with Crippen molar-refractivity contribution in [3.8, 4) is 11.3 Å². The Balaban J connectivity index is 2.53. The second-order valence-electron chi connectivity index (χ2n) is 2.48. The van der Waals surface area contributed by atoms with Gasteiger partial charge in [-0.1, -0.05) is 23.2 Å². The highest BCUT2D eigenvalue weighted by molar-refractivity contribution is 7.07. The fourth-order valence-corrected chi connectivity index (χ4v) is 2.05. The van der Waals surface area contributed by atoms with Gasteiger partial charge in [0.1, 0.15) is 0 Å². The molecule has 0 saturated carbocycles. The predicted molar refractivity (Wildman–Crippen MR) is 56.4 cm³/mol. The molecule has 2 aromatic rings. The zero-order valence-electron chi connectivity index (χ0n) is 6.42. The van der Waals surface area contributed by atoms with E-state index in [1.807, 2.05) is 17.5 Å². The number of thiazole rings is 1. The SMILES string of the molecule is Clc1cc(Cl)cc(-c2cs[c]n2)c1. The fourth-order valence-electron chi connectivity index (χ4n) is 1.02. The van der Waals surface area contributed by atoms with Crippen LogP contribution in [0.2, 0.25) is 10.0 Å².